The van der Waals surface area contributed by atoms with Crippen molar-refractivity contribution in [2.45, 2.75) is 19.0 Å². The van der Waals surface area contributed by atoms with E-state index in [1.807, 2.05) is 19.2 Å². The summed E-state index contributed by atoms with van der Waals surface area (Å²) in [5, 5.41) is 2.80. The number of anilines is 2. The first kappa shape index (κ1) is 14.3. The maximum Gasteiger partial charge on any atom is 0.245 e. The van der Waals surface area contributed by atoms with Crippen molar-refractivity contribution in [3.63, 3.8) is 0 Å². The third kappa shape index (κ3) is 2.61. The van der Waals surface area contributed by atoms with Gasteiger partial charge in [0, 0.05) is 35.9 Å². The van der Waals surface area contributed by atoms with Gasteiger partial charge in [-0.1, -0.05) is 0 Å². The smallest absolute Gasteiger partial charge is 0.245 e. The van der Waals surface area contributed by atoms with Crippen LogP contribution in [0.15, 0.2) is 16.6 Å². The van der Waals surface area contributed by atoms with Crippen molar-refractivity contribution >= 4 is 33.2 Å². The predicted octanol–water partition coefficient (Wildman–Crippen LogP) is 1.87. The summed E-state index contributed by atoms with van der Waals surface area (Å²) >= 11 is 3.54. The highest BCUT2D eigenvalue weighted by atomic mass is 79.9. The second-order valence-corrected chi connectivity index (χ2v) is 5.63. The zero-order valence-electron chi connectivity index (χ0n) is 11.2. The second kappa shape index (κ2) is 5.48. The van der Waals surface area contributed by atoms with Crippen LogP contribution in [0.4, 0.5) is 11.4 Å². The van der Waals surface area contributed by atoms with Gasteiger partial charge < -0.3 is 20.7 Å². The third-order valence-electron chi connectivity index (χ3n) is 3.44. The van der Waals surface area contributed by atoms with Crippen molar-refractivity contribution in [1.82, 2.24) is 0 Å². The SMILES string of the molecule is COCC(C)N(C)c1cc2c(cc1Br)C(N)C(=O)N2. The van der Waals surface area contributed by atoms with Gasteiger partial charge in [0.1, 0.15) is 6.04 Å². The minimum absolute atomic E-state index is 0.161. The van der Waals surface area contributed by atoms with Crippen LogP contribution in [-0.4, -0.2) is 32.7 Å². The van der Waals surface area contributed by atoms with Gasteiger partial charge in [-0.05, 0) is 35.0 Å². The Labute approximate surface area is 121 Å². The first-order chi connectivity index (χ1) is 8.95. The zero-order valence-corrected chi connectivity index (χ0v) is 12.8. The van der Waals surface area contributed by atoms with Crippen molar-refractivity contribution in [2.24, 2.45) is 5.73 Å². The molecule has 0 aliphatic carbocycles. The molecule has 0 saturated heterocycles. The first-order valence-electron chi connectivity index (χ1n) is 6.07. The molecule has 0 aromatic heterocycles. The van der Waals surface area contributed by atoms with Gasteiger partial charge in [-0.3, -0.25) is 4.79 Å². The molecule has 1 aliphatic rings. The Balaban J connectivity index is 2.34. The molecule has 2 rings (SSSR count). The van der Waals surface area contributed by atoms with Gasteiger partial charge in [0.15, 0.2) is 0 Å². The maximum atomic E-state index is 11.6. The van der Waals surface area contributed by atoms with Gasteiger partial charge in [-0.25, -0.2) is 0 Å². The zero-order chi connectivity index (χ0) is 14.2. The summed E-state index contributed by atoms with van der Waals surface area (Å²) in [6, 6.07) is 3.49. The van der Waals surface area contributed by atoms with Gasteiger partial charge in [-0.2, -0.15) is 0 Å². The molecule has 0 bridgehead atoms. The molecule has 5 nitrogen and oxygen atoms in total. The Kier molecular flexibility index (Phi) is 4.13. The van der Waals surface area contributed by atoms with Crippen LogP contribution >= 0.6 is 15.9 Å². The summed E-state index contributed by atoms with van der Waals surface area (Å²) in [4.78, 5) is 13.7. The van der Waals surface area contributed by atoms with Crippen LogP contribution in [0.25, 0.3) is 0 Å². The average Bonchev–Trinajstić information content (AvgIpc) is 2.64. The number of fused-ring (bicyclic) bond motifs is 1. The molecular formula is C13H18BrN3O2. The molecule has 19 heavy (non-hydrogen) atoms. The van der Waals surface area contributed by atoms with Crippen LogP contribution in [0.1, 0.15) is 18.5 Å². The number of methoxy groups -OCH3 is 1. The van der Waals surface area contributed by atoms with Crippen LogP contribution in [0.5, 0.6) is 0 Å². The number of carbonyl (C=O) groups is 1. The molecule has 0 spiro atoms. The van der Waals surface area contributed by atoms with Crippen LogP contribution < -0.4 is 16.0 Å². The molecule has 3 N–H and O–H groups in total. The topological polar surface area (TPSA) is 67.6 Å². The number of likely N-dealkylation sites (N-methyl/N-ethyl adjacent to an activating group) is 1. The van der Waals surface area contributed by atoms with E-state index in [4.69, 9.17) is 10.5 Å². The molecular weight excluding hydrogens is 310 g/mol. The normalized spacial score (nSPS) is 19.0. The van der Waals surface area contributed by atoms with Crippen molar-refractivity contribution in [3.8, 4) is 0 Å². The van der Waals surface area contributed by atoms with Gasteiger partial charge in [0.05, 0.1) is 12.3 Å². The molecule has 1 aliphatic heterocycles. The number of hydrogen-bond donors (Lipinski definition) is 2. The van der Waals surface area contributed by atoms with Crippen molar-refractivity contribution in [3.05, 3.63) is 22.2 Å². The van der Waals surface area contributed by atoms with E-state index >= 15 is 0 Å². The van der Waals surface area contributed by atoms with Gasteiger partial charge >= 0.3 is 0 Å². The van der Waals surface area contributed by atoms with Crippen molar-refractivity contribution in [1.29, 1.82) is 0 Å². The van der Waals surface area contributed by atoms with Gasteiger partial charge in [-0.15, -0.1) is 0 Å². The number of ether oxygens (including phenoxy) is 1. The maximum absolute atomic E-state index is 11.6. The predicted molar refractivity (Wildman–Crippen MR) is 79.4 cm³/mol. The number of nitrogens with one attached hydrogen (secondary N) is 1. The Morgan fingerprint density at radius 2 is 2.26 bits per heavy atom. The highest BCUT2D eigenvalue weighted by molar-refractivity contribution is 9.10. The van der Waals surface area contributed by atoms with E-state index in [1.54, 1.807) is 7.11 Å². The lowest BCUT2D eigenvalue weighted by Crippen LogP contribution is -2.32. The van der Waals surface area contributed by atoms with E-state index in [0.717, 1.165) is 21.4 Å². The number of hydrogen-bond acceptors (Lipinski definition) is 4. The van der Waals surface area contributed by atoms with E-state index in [9.17, 15) is 4.79 Å². The average molecular weight is 328 g/mol. The molecule has 1 aromatic carbocycles. The number of amides is 1. The van der Waals surface area contributed by atoms with Crippen molar-refractivity contribution in [2.75, 3.05) is 31.0 Å². The van der Waals surface area contributed by atoms with Gasteiger partial charge in [0.2, 0.25) is 5.91 Å². The summed E-state index contributed by atoms with van der Waals surface area (Å²) in [6.07, 6.45) is 0. The molecule has 1 amide bonds. The highest BCUT2D eigenvalue weighted by Crippen LogP contribution is 2.38. The number of nitrogens with two attached hydrogens (primary N) is 1. The van der Waals surface area contributed by atoms with E-state index in [-0.39, 0.29) is 11.9 Å². The number of rotatable bonds is 4. The summed E-state index contributed by atoms with van der Waals surface area (Å²) in [7, 11) is 3.67. The lowest BCUT2D eigenvalue weighted by Gasteiger charge is -2.28. The lowest BCUT2D eigenvalue weighted by molar-refractivity contribution is -0.116. The van der Waals surface area contributed by atoms with Gasteiger partial charge in [0.25, 0.3) is 0 Å². The fraction of sp³-hybridized carbons (Fsp3) is 0.462. The van der Waals surface area contributed by atoms with E-state index in [0.29, 0.717) is 6.61 Å². The first-order valence-corrected chi connectivity index (χ1v) is 6.86. The lowest BCUT2D eigenvalue weighted by atomic mass is 10.1. The summed E-state index contributed by atoms with van der Waals surface area (Å²) < 4.78 is 6.09. The minimum Gasteiger partial charge on any atom is -0.383 e. The van der Waals surface area contributed by atoms with E-state index < -0.39 is 6.04 Å². The van der Waals surface area contributed by atoms with E-state index in [2.05, 4.69) is 33.1 Å². The minimum atomic E-state index is -0.581. The molecule has 2 unspecified atom stereocenters. The third-order valence-corrected chi connectivity index (χ3v) is 4.08. The molecule has 104 valence electrons. The Morgan fingerprint density at radius 3 is 2.89 bits per heavy atom. The quantitative estimate of drug-likeness (QED) is 0.885. The number of halogens is 1. The second-order valence-electron chi connectivity index (χ2n) is 4.77. The Hall–Kier alpha value is -1.11. The van der Waals surface area contributed by atoms with Crippen LogP contribution in [-0.2, 0) is 9.53 Å². The molecule has 0 fully saturated rings. The fourth-order valence-corrected chi connectivity index (χ4v) is 2.80. The molecule has 2 atom stereocenters. The summed E-state index contributed by atoms with van der Waals surface area (Å²) in [5.41, 5.74) is 8.44. The number of benzene rings is 1. The standard InChI is InChI=1S/C13H18BrN3O2/c1-7(6-19-3)17(2)11-5-10-8(4-9(11)14)12(15)13(18)16-10/h4-5,7,12H,6,15H2,1-3H3,(H,16,18). The number of nitrogens with zero attached hydrogens (tertiary/aromatic N) is 1. The Morgan fingerprint density at radius 1 is 1.58 bits per heavy atom. The highest BCUT2D eigenvalue weighted by Gasteiger charge is 2.29. The molecule has 6 heteroatoms. The summed E-state index contributed by atoms with van der Waals surface area (Å²) in [5.74, 6) is -0.161. The largest absolute Gasteiger partial charge is 0.383 e. The molecule has 0 saturated carbocycles. The van der Waals surface area contributed by atoms with E-state index in [1.165, 1.54) is 0 Å². The molecule has 1 heterocycles. The van der Waals surface area contributed by atoms with Crippen molar-refractivity contribution < 1.29 is 9.53 Å². The van der Waals surface area contributed by atoms with Crippen LogP contribution in [0, 0.1) is 0 Å². The van der Waals surface area contributed by atoms with Crippen LogP contribution in [0.3, 0.4) is 0 Å². The monoisotopic (exact) mass is 327 g/mol. The molecule has 1 aromatic rings. The number of carbonyl (C=O) groups excluding carboxylic acids is 1. The molecule has 0 radical (unpaired) electrons. The Bertz CT molecular complexity index is 507. The summed E-state index contributed by atoms with van der Waals surface area (Å²) in [6.45, 7) is 2.71. The van der Waals surface area contributed by atoms with Crippen LogP contribution in [0.2, 0.25) is 0 Å². The fourth-order valence-electron chi connectivity index (χ4n) is 2.16.